The van der Waals surface area contributed by atoms with Crippen molar-refractivity contribution in [2.45, 2.75) is 45.1 Å². The molecule has 0 spiro atoms. The first-order valence-corrected chi connectivity index (χ1v) is 6.35. The Morgan fingerprint density at radius 2 is 2.00 bits per heavy atom. The van der Waals surface area contributed by atoms with Gasteiger partial charge in [0.15, 0.2) is 0 Å². The number of hydrogen-bond acceptors (Lipinski definition) is 2. The fourth-order valence-electron chi connectivity index (χ4n) is 2.98. The first-order chi connectivity index (χ1) is 6.90. The highest BCUT2D eigenvalue weighted by atomic mass is 15.2. The summed E-state index contributed by atoms with van der Waals surface area (Å²) in [5, 5.41) is 3.47. The average Bonchev–Trinajstić information content (AvgIpc) is 2.85. The molecule has 0 amide bonds. The Labute approximate surface area is 88.1 Å². The van der Waals surface area contributed by atoms with Gasteiger partial charge in [0.1, 0.15) is 0 Å². The zero-order valence-electron chi connectivity index (χ0n) is 9.47. The molecule has 82 valence electrons. The monoisotopic (exact) mass is 196 g/mol. The van der Waals surface area contributed by atoms with E-state index in [2.05, 4.69) is 17.1 Å². The summed E-state index contributed by atoms with van der Waals surface area (Å²) in [6.45, 7) is 7.28. The first-order valence-electron chi connectivity index (χ1n) is 6.35. The van der Waals surface area contributed by atoms with Crippen molar-refractivity contribution in [2.24, 2.45) is 5.92 Å². The molecule has 2 aliphatic rings. The Morgan fingerprint density at radius 1 is 1.21 bits per heavy atom. The standard InChI is InChI=1S/C12H24N2/c1-2-13-9-11-7-8-14(10-11)12-5-3-4-6-12/h11-13H,2-10H2,1H3. The topological polar surface area (TPSA) is 15.3 Å². The van der Waals surface area contributed by atoms with Gasteiger partial charge in [0.25, 0.3) is 0 Å². The molecule has 1 unspecified atom stereocenters. The van der Waals surface area contributed by atoms with E-state index < -0.39 is 0 Å². The highest BCUT2D eigenvalue weighted by molar-refractivity contribution is 4.84. The van der Waals surface area contributed by atoms with Crippen LogP contribution in [0.5, 0.6) is 0 Å². The minimum Gasteiger partial charge on any atom is -0.317 e. The summed E-state index contributed by atoms with van der Waals surface area (Å²) in [5.41, 5.74) is 0. The van der Waals surface area contributed by atoms with Crippen LogP contribution < -0.4 is 5.32 Å². The maximum absolute atomic E-state index is 3.47. The third kappa shape index (κ3) is 2.48. The molecule has 1 heterocycles. The molecule has 1 N–H and O–H groups in total. The maximum atomic E-state index is 3.47. The number of rotatable bonds is 4. The molecule has 1 aliphatic heterocycles. The van der Waals surface area contributed by atoms with E-state index in [4.69, 9.17) is 0 Å². The van der Waals surface area contributed by atoms with Crippen molar-refractivity contribution in [1.82, 2.24) is 10.2 Å². The van der Waals surface area contributed by atoms with Crippen molar-refractivity contribution in [1.29, 1.82) is 0 Å². The van der Waals surface area contributed by atoms with E-state index in [1.807, 2.05) is 0 Å². The number of hydrogen-bond donors (Lipinski definition) is 1. The predicted molar refractivity (Wildman–Crippen MR) is 60.5 cm³/mol. The van der Waals surface area contributed by atoms with Crippen LogP contribution in [0.4, 0.5) is 0 Å². The molecule has 0 radical (unpaired) electrons. The predicted octanol–water partition coefficient (Wildman–Crippen LogP) is 1.86. The molecule has 1 saturated heterocycles. The molecule has 2 fully saturated rings. The summed E-state index contributed by atoms with van der Waals surface area (Å²) in [6, 6.07) is 0.946. The second-order valence-corrected chi connectivity index (χ2v) is 4.90. The van der Waals surface area contributed by atoms with Gasteiger partial charge in [-0.1, -0.05) is 19.8 Å². The van der Waals surface area contributed by atoms with Crippen molar-refractivity contribution in [3.63, 3.8) is 0 Å². The number of nitrogens with zero attached hydrogens (tertiary/aromatic N) is 1. The van der Waals surface area contributed by atoms with Gasteiger partial charge in [0, 0.05) is 12.6 Å². The molecule has 0 aromatic rings. The summed E-state index contributed by atoms with van der Waals surface area (Å²) in [7, 11) is 0. The second kappa shape index (κ2) is 5.13. The van der Waals surface area contributed by atoms with Gasteiger partial charge in [0.05, 0.1) is 0 Å². The van der Waals surface area contributed by atoms with Gasteiger partial charge in [-0.3, -0.25) is 0 Å². The molecule has 0 bridgehead atoms. The summed E-state index contributed by atoms with van der Waals surface area (Å²) in [4.78, 5) is 2.75. The van der Waals surface area contributed by atoms with E-state index in [-0.39, 0.29) is 0 Å². The Morgan fingerprint density at radius 3 is 2.71 bits per heavy atom. The van der Waals surface area contributed by atoms with Gasteiger partial charge in [-0.2, -0.15) is 0 Å². The maximum Gasteiger partial charge on any atom is 0.00953 e. The van der Waals surface area contributed by atoms with Crippen LogP contribution in [0.3, 0.4) is 0 Å². The largest absolute Gasteiger partial charge is 0.317 e. The van der Waals surface area contributed by atoms with Crippen molar-refractivity contribution in [3.05, 3.63) is 0 Å². The highest BCUT2D eigenvalue weighted by Gasteiger charge is 2.29. The molecule has 2 heteroatoms. The lowest BCUT2D eigenvalue weighted by Gasteiger charge is -2.23. The summed E-state index contributed by atoms with van der Waals surface area (Å²) in [5.74, 6) is 0.926. The fraction of sp³-hybridized carbons (Fsp3) is 1.00. The first kappa shape index (κ1) is 10.4. The average molecular weight is 196 g/mol. The summed E-state index contributed by atoms with van der Waals surface area (Å²) < 4.78 is 0. The molecule has 14 heavy (non-hydrogen) atoms. The fourth-order valence-corrected chi connectivity index (χ4v) is 2.98. The zero-order chi connectivity index (χ0) is 9.80. The molecule has 2 rings (SSSR count). The van der Waals surface area contributed by atoms with Gasteiger partial charge in [-0.15, -0.1) is 0 Å². The lowest BCUT2D eigenvalue weighted by Crippen LogP contribution is -2.32. The van der Waals surface area contributed by atoms with E-state index in [1.54, 1.807) is 0 Å². The molecular weight excluding hydrogens is 172 g/mol. The normalized spacial score (nSPS) is 30.2. The van der Waals surface area contributed by atoms with Crippen LogP contribution in [0.1, 0.15) is 39.0 Å². The van der Waals surface area contributed by atoms with Crippen LogP contribution in [-0.4, -0.2) is 37.1 Å². The third-order valence-electron chi connectivity index (χ3n) is 3.84. The smallest absolute Gasteiger partial charge is 0.00953 e. The van der Waals surface area contributed by atoms with Gasteiger partial charge in [-0.25, -0.2) is 0 Å². The minimum atomic E-state index is 0.926. The molecule has 1 aliphatic carbocycles. The highest BCUT2D eigenvalue weighted by Crippen LogP contribution is 2.28. The molecule has 1 atom stereocenters. The number of likely N-dealkylation sites (tertiary alicyclic amines) is 1. The van der Waals surface area contributed by atoms with E-state index in [1.165, 1.54) is 51.7 Å². The van der Waals surface area contributed by atoms with E-state index in [0.717, 1.165) is 18.5 Å². The van der Waals surface area contributed by atoms with Crippen molar-refractivity contribution < 1.29 is 0 Å². The van der Waals surface area contributed by atoms with Crippen LogP contribution in [0.2, 0.25) is 0 Å². The van der Waals surface area contributed by atoms with Crippen molar-refractivity contribution in [2.75, 3.05) is 26.2 Å². The van der Waals surface area contributed by atoms with Gasteiger partial charge in [-0.05, 0) is 44.8 Å². The van der Waals surface area contributed by atoms with Gasteiger partial charge < -0.3 is 10.2 Å². The van der Waals surface area contributed by atoms with Crippen LogP contribution in [0, 0.1) is 5.92 Å². The van der Waals surface area contributed by atoms with E-state index in [0.29, 0.717) is 0 Å². The van der Waals surface area contributed by atoms with Crippen LogP contribution >= 0.6 is 0 Å². The quantitative estimate of drug-likeness (QED) is 0.738. The van der Waals surface area contributed by atoms with Crippen LogP contribution in [-0.2, 0) is 0 Å². The van der Waals surface area contributed by atoms with Gasteiger partial charge >= 0.3 is 0 Å². The Hall–Kier alpha value is -0.0800. The summed E-state index contributed by atoms with van der Waals surface area (Å²) >= 11 is 0. The third-order valence-corrected chi connectivity index (χ3v) is 3.84. The Bertz CT molecular complexity index is 164. The number of nitrogens with one attached hydrogen (secondary N) is 1. The second-order valence-electron chi connectivity index (χ2n) is 4.90. The molecule has 1 saturated carbocycles. The van der Waals surface area contributed by atoms with Crippen molar-refractivity contribution >= 4 is 0 Å². The lowest BCUT2D eigenvalue weighted by atomic mass is 10.1. The molecular formula is C12H24N2. The Balaban J connectivity index is 1.71. The minimum absolute atomic E-state index is 0.926. The lowest BCUT2D eigenvalue weighted by molar-refractivity contribution is 0.236. The SMILES string of the molecule is CCNCC1CCN(C2CCCC2)C1. The summed E-state index contributed by atoms with van der Waals surface area (Å²) in [6.07, 6.45) is 7.30. The van der Waals surface area contributed by atoms with Gasteiger partial charge in [0.2, 0.25) is 0 Å². The van der Waals surface area contributed by atoms with Crippen LogP contribution in [0.25, 0.3) is 0 Å². The van der Waals surface area contributed by atoms with E-state index >= 15 is 0 Å². The molecule has 2 nitrogen and oxygen atoms in total. The van der Waals surface area contributed by atoms with E-state index in [9.17, 15) is 0 Å². The molecule has 0 aromatic carbocycles. The Kier molecular flexibility index (Phi) is 3.82. The molecule has 0 aromatic heterocycles. The van der Waals surface area contributed by atoms with Crippen molar-refractivity contribution in [3.8, 4) is 0 Å². The van der Waals surface area contributed by atoms with Crippen LogP contribution in [0.15, 0.2) is 0 Å². The zero-order valence-corrected chi connectivity index (χ0v) is 9.47.